The van der Waals surface area contributed by atoms with E-state index < -0.39 is 0 Å². The van der Waals surface area contributed by atoms with Crippen molar-refractivity contribution in [3.63, 3.8) is 0 Å². The molecular weight excluding hydrogens is 277 g/mol. The molecule has 0 radical (unpaired) electrons. The summed E-state index contributed by atoms with van der Waals surface area (Å²) < 4.78 is 16.1. The number of alkyl halides is 1. The van der Waals surface area contributed by atoms with Crippen LogP contribution < -0.4 is 0 Å². The van der Waals surface area contributed by atoms with Crippen molar-refractivity contribution in [1.82, 2.24) is 14.5 Å². The second-order valence-corrected chi connectivity index (χ2v) is 5.86. The fourth-order valence-corrected chi connectivity index (χ4v) is 3.22. The molecular formula is C15H19ClFN3. The second kappa shape index (κ2) is 5.70. The predicted octanol–water partition coefficient (Wildman–Crippen LogP) is 3.22. The van der Waals surface area contributed by atoms with E-state index >= 15 is 0 Å². The van der Waals surface area contributed by atoms with Crippen molar-refractivity contribution >= 4 is 22.6 Å². The van der Waals surface area contributed by atoms with Crippen LogP contribution >= 0.6 is 11.6 Å². The first-order chi connectivity index (χ1) is 9.70. The van der Waals surface area contributed by atoms with Crippen LogP contribution in [0.4, 0.5) is 4.39 Å². The summed E-state index contributed by atoms with van der Waals surface area (Å²) in [7, 11) is 2.14. The maximum Gasteiger partial charge on any atom is 0.151 e. The largest absolute Gasteiger partial charge is 0.325 e. The number of benzene rings is 1. The molecule has 1 aliphatic heterocycles. The monoisotopic (exact) mass is 295 g/mol. The van der Waals surface area contributed by atoms with Crippen LogP contribution in [0.3, 0.4) is 0 Å². The van der Waals surface area contributed by atoms with Gasteiger partial charge in [0, 0.05) is 18.3 Å². The third kappa shape index (κ3) is 2.42. The highest BCUT2D eigenvalue weighted by Crippen LogP contribution is 2.29. The zero-order valence-electron chi connectivity index (χ0n) is 11.6. The quantitative estimate of drug-likeness (QED) is 0.811. The Bertz CT molecular complexity index is 602. The summed E-state index contributed by atoms with van der Waals surface area (Å²) in [5.41, 5.74) is 1.38. The zero-order chi connectivity index (χ0) is 14.1. The van der Waals surface area contributed by atoms with Gasteiger partial charge in [0.05, 0.1) is 5.52 Å². The number of para-hydroxylation sites is 1. The van der Waals surface area contributed by atoms with E-state index in [0.29, 0.717) is 23.9 Å². The third-order valence-electron chi connectivity index (χ3n) is 4.12. The van der Waals surface area contributed by atoms with Crippen molar-refractivity contribution in [2.75, 3.05) is 26.0 Å². The van der Waals surface area contributed by atoms with E-state index in [1.807, 2.05) is 6.07 Å². The molecule has 0 N–H and O–H groups in total. The minimum atomic E-state index is -0.245. The van der Waals surface area contributed by atoms with E-state index in [0.717, 1.165) is 37.3 Å². The fourth-order valence-electron chi connectivity index (χ4n) is 3.05. The smallest absolute Gasteiger partial charge is 0.151 e. The molecule has 3 rings (SSSR count). The van der Waals surface area contributed by atoms with Crippen LogP contribution in [0.25, 0.3) is 11.0 Å². The molecule has 2 aromatic rings. The van der Waals surface area contributed by atoms with Crippen molar-refractivity contribution in [2.45, 2.75) is 25.3 Å². The number of piperidine rings is 1. The number of hydrogen-bond acceptors (Lipinski definition) is 2. The fraction of sp³-hybridized carbons (Fsp3) is 0.533. The summed E-state index contributed by atoms with van der Waals surface area (Å²) in [5.74, 6) is 1.18. The Kier molecular flexibility index (Phi) is 3.94. The number of nitrogens with zero attached hydrogens (tertiary/aromatic N) is 3. The van der Waals surface area contributed by atoms with Crippen molar-refractivity contribution in [3.8, 4) is 0 Å². The van der Waals surface area contributed by atoms with Crippen LogP contribution in [0, 0.1) is 5.82 Å². The molecule has 2 heterocycles. The predicted molar refractivity (Wildman–Crippen MR) is 79.9 cm³/mol. The molecule has 0 spiro atoms. The van der Waals surface area contributed by atoms with E-state index in [1.165, 1.54) is 6.07 Å². The summed E-state index contributed by atoms with van der Waals surface area (Å²) in [6.07, 6.45) is 2.84. The third-order valence-corrected chi connectivity index (χ3v) is 4.30. The SMILES string of the molecule is CN1CCC(n2c(CCCl)nc3c(F)cccc32)CC1. The van der Waals surface area contributed by atoms with Gasteiger partial charge in [0.15, 0.2) is 5.82 Å². The Morgan fingerprint density at radius 3 is 2.80 bits per heavy atom. The molecule has 0 saturated carbocycles. The Balaban J connectivity index is 2.07. The molecule has 1 fully saturated rings. The van der Waals surface area contributed by atoms with Gasteiger partial charge in [0.25, 0.3) is 0 Å². The van der Waals surface area contributed by atoms with Gasteiger partial charge in [-0.1, -0.05) is 6.07 Å². The lowest BCUT2D eigenvalue weighted by atomic mass is 10.0. The molecule has 0 aliphatic carbocycles. The molecule has 20 heavy (non-hydrogen) atoms. The number of aryl methyl sites for hydroxylation is 1. The molecule has 0 atom stereocenters. The van der Waals surface area contributed by atoms with Gasteiger partial charge in [0.2, 0.25) is 0 Å². The standard InChI is InChI=1S/C15H19ClFN3/c1-19-9-6-11(7-10-19)20-13-4-2-3-12(17)15(13)18-14(20)5-8-16/h2-4,11H,5-10H2,1H3. The second-order valence-electron chi connectivity index (χ2n) is 5.48. The molecule has 5 heteroatoms. The maximum atomic E-state index is 13.9. The summed E-state index contributed by atoms with van der Waals surface area (Å²) in [6, 6.07) is 5.59. The van der Waals surface area contributed by atoms with Crippen molar-refractivity contribution < 1.29 is 4.39 Å². The lowest BCUT2D eigenvalue weighted by Crippen LogP contribution is -2.32. The van der Waals surface area contributed by atoms with Crippen LogP contribution in [0.1, 0.15) is 24.7 Å². The van der Waals surface area contributed by atoms with Crippen molar-refractivity contribution in [3.05, 3.63) is 29.8 Å². The van der Waals surface area contributed by atoms with E-state index in [-0.39, 0.29) is 5.82 Å². The van der Waals surface area contributed by atoms with Gasteiger partial charge in [-0.3, -0.25) is 0 Å². The highest BCUT2D eigenvalue weighted by atomic mass is 35.5. The van der Waals surface area contributed by atoms with Gasteiger partial charge in [-0.25, -0.2) is 9.37 Å². The summed E-state index contributed by atoms with van der Waals surface area (Å²) in [6.45, 7) is 2.14. The maximum absolute atomic E-state index is 13.9. The molecule has 1 aliphatic rings. The first-order valence-corrected chi connectivity index (χ1v) is 7.64. The molecule has 0 amide bonds. The van der Waals surface area contributed by atoms with E-state index in [2.05, 4.69) is 21.5 Å². The van der Waals surface area contributed by atoms with Crippen LogP contribution in [0.2, 0.25) is 0 Å². The van der Waals surface area contributed by atoms with Gasteiger partial charge in [0.1, 0.15) is 11.3 Å². The number of halogens is 2. The zero-order valence-corrected chi connectivity index (χ0v) is 12.4. The van der Waals surface area contributed by atoms with Gasteiger partial charge in [-0.15, -0.1) is 11.6 Å². The average Bonchev–Trinajstić information content (AvgIpc) is 2.80. The highest BCUT2D eigenvalue weighted by Gasteiger charge is 2.23. The van der Waals surface area contributed by atoms with Gasteiger partial charge >= 0.3 is 0 Å². The van der Waals surface area contributed by atoms with E-state index in [9.17, 15) is 4.39 Å². The number of likely N-dealkylation sites (tertiary alicyclic amines) is 1. The summed E-state index contributed by atoms with van der Waals surface area (Å²) in [4.78, 5) is 6.82. The normalized spacial score (nSPS) is 17.9. The van der Waals surface area contributed by atoms with Crippen molar-refractivity contribution in [1.29, 1.82) is 0 Å². The molecule has 108 valence electrons. The topological polar surface area (TPSA) is 21.1 Å². The minimum Gasteiger partial charge on any atom is -0.325 e. The molecule has 1 saturated heterocycles. The Hall–Kier alpha value is -1.13. The summed E-state index contributed by atoms with van der Waals surface area (Å²) >= 11 is 5.88. The van der Waals surface area contributed by atoms with Crippen LogP contribution in [-0.2, 0) is 6.42 Å². The molecule has 1 aromatic heterocycles. The molecule has 1 aromatic carbocycles. The number of rotatable bonds is 3. The highest BCUT2D eigenvalue weighted by molar-refractivity contribution is 6.17. The molecule has 0 unspecified atom stereocenters. The lowest BCUT2D eigenvalue weighted by molar-refractivity contribution is 0.221. The minimum absolute atomic E-state index is 0.245. The Morgan fingerprint density at radius 1 is 1.35 bits per heavy atom. The number of fused-ring (bicyclic) bond motifs is 1. The number of aromatic nitrogens is 2. The Morgan fingerprint density at radius 2 is 2.10 bits per heavy atom. The average molecular weight is 296 g/mol. The summed E-state index contributed by atoms with van der Waals surface area (Å²) in [5, 5.41) is 0. The Labute approximate surface area is 123 Å². The number of hydrogen-bond donors (Lipinski definition) is 0. The lowest BCUT2D eigenvalue weighted by Gasteiger charge is -2.31. The van der Waals surface area contributed by atoms with Gasteiger partial charge < -0.3 is 9.47 Å². The van der Waals surface area contributed by atoms with Crippen LogP contribution in [0.5, 0.6) is 0 Å². The van der Waals surface area contributed by atoms with E-state index in [1.54, 1.807) is 6.07 Å². The van der Waals surface area contributed by atoms with Crippen LogP contribution in [-0.4, -0.2) is 40.5 Å². The molecule has 3 nitrogen and oxygen atoms in total. The first-order valence-electron chi connectivity index (χ1n) is 7.10. The van der Waals surface area contributed by atoms with Gasteiger partial charge in [-0.05, 0) is 45.1 Å². The van der Waals surface area contributed by atoms with Crippen molar-refractivity contribution in [2.24, 2.45) is 0 Å². The van der Waals surface area contributed by atoms with E-state index in [4.69, 9.17) is 11.6 Å². The van der Waals surface area contributed by atoms with Crippen LogP contribution in [0.15, 0.2) is 18.2 Å². The molecule has 0 bridgehead atoms. The first kappa shape index (κ1) is 13.8. The van der Waals surface area contributed by atoms with Gasteiger partial charge in [-0.2, -0.15) is 0 Å². The number of imidazole rings is 1.